The van der Waals surface area contributed by atoms with Gasteiger partial charge in [0.05, 0.1) is 42.7 Å². The molecule has 3 aromatic rings. The number of fused-ring (bicyclic) bond motifs is 1. The molecule has 224 valence electrons. The van der Waals surface area contributed by atoms with Crippen molar-refractivity contribution in [3.05, 3.63) is 78.5 Å². The van der Waals surface area contributed by atoms with Crippen molar-refractivity contribution in [3.63, 3.8) is 0 Å². The molecule has 0 aliphatic carbocycles. The molecule has 0 N–H and O–H groups in total. The van der Waals surface area contributed by atoms with Crippen LogP contribution in [-0.2, 0) is 4.79 Å². The monoisotopic (exact) mass is 593 g/mol. The van der Waals surface area contributed by atoms with Crippen LogP contribution in [-0.4, -0.2) is 55.4 Å². The van der Waals surface area contributed by atoms with Crippen LogP contribution in [0.4, 0.5) is 0 Å². The zero-order valence-electron chi connectivity index (χ0n) is 25.5. The average Bonchev–Trinajstić information content (AvgIpc) is 3.27. The lowest BCUT2D eigenvalue weighted by Gasteiger charge is -2.30. The molecule has 42 heavy (non-hydrogen) atoms. The molecule has 0 bridgehead atoms. The zero-order chi connectivity index (χ0) is 30.6. The number of hydrogen-bond acceptors (Lipinski definition) is 8. The number of amides is 1. The summed E-state index contributed by atoms with van der Waals surface area (Å²) in [6.07, 6.45) is 1.81. The van der Waals surface area contributed by atoms with Crippen molar-refractivity contribution in [1.29, 1.82) is 0 Å². The van der Waals surface area contributed by atoms with Crippen LogP contribution in [0.1, 0.15) is 58.7 Å². The fraction of sp³-hybridized carbons (Fsp3) is 0.406. The summed E-state index contributed by atoms with van der Waals surface area (Å²) in [6, 6.07) is 10.2. The maximum atomic E-state index is 14.2. The Bertz CT molecular complexity index is 1670. The van der Waals surface area contributed by atoms with Crippen molar-refractivity contribution in [2.75, 3.05) is 33.9 Å². The highest BCUT2D eigenvalue weighted by Gasteiger charge is 2.36. The van der Waals surface area contributed by atoms with E-state index in [4.69, 9.17) is 23.9 Å². The van der Waals surface area contributed by atoms with Gasteiger partial charge in [0.15, 0.2) is 16.3 Å². The number of carbonyl (C=O) groups excluding carboxylic acids is 1. The number of hydrogen-bond donors (Lipinski definition) is 0. The number of ether oxygens (including phenoxy) is 4. The van der Waals surface area contributed by atoms with Crippen LogP contribution in [0.15, 0.2) is 57.5 Å². The first-order valence-electron chi connectivity index (χ1n) is 14.1. The molecule has 2 heterocycles. The standard InChI is InChI=1S/C32H39N3O6S/c1-9-34(10-2)31(37)28-20(6)33-32-35(29(28)23-18-22(38-7)13-15-24(23)39-8)30(36)27(42-32)17-21-12-14-25(41-19(4)5)26(16-21)40-11-3/h12-19,29H,9-11H2,1-8H3/b27-17+/t29-/m0/s1. The Labute approximate surface area is 250 Å². The predicted molar refractivity (Wildman–Crippen MR) is 165 cm³/mol. The van der Waals surface area contributed by atoms with E-state index in [0.29, 0.717) is 68.9 Å². The van der Waals surface area contributed by atoms with E-state index in [0.717, 1.165) is 5.56 Å². The van der Waals surface area contributed by atoms with Gasteiger partial charge in [-0.15, -0.1) is 0 Å². The lowest BCUT2D eigenvalue weighted by Crippen LogP contribution is -2.43. The largest absolute Gasteiger partial charge is 0.497 e. The topological polar surface area (TPSA) is 91.6 Å². The fourth-order valence-electron chi connectivity index (χ4n) is 5.01. The predicted octanol–water partition coefficient (Wildman–Crippen LogP) is 4.31. The Hall–Kier alpha value is -4.05. The van der Waals surface area contributed by atoms with Crippen LogP contribution >= 0.6 is 11.3 Å². The van der Waals surface area contributed by atoms with Crippen LogP contribution in [0, 0.1) is 0 Å². The summed E-state index contributed by atoms with van der Waals surface area (Å²) in [5.74, 6) is 2.20. The molecule has 0 saturated heterocycles. The molecule has 0 spiro atoms. The molecule has 9 nitrogen and oxygen atoms in total. The third kappa shape index (κ3) is 6.09. The maximum absolute atomic E-state index is 14.2. The van der Waals surface area contributed by atoms with E-state index < -0.39 is 6.04 Å². The van der Waals surface area contributed by atoms with Gasteiger partial charge < -0.3 is 23.8 Å². The highest BCUT2D eigenvalue weighted by atomic mass is 32.1. The van der Waals surface area contributed by atoms with Gasteiger partial charge in [0.25, 0.3) is 11.5 Å². The molecule has 1 aliphatic heterocycles. The molecule has 1 aromatic heterocycles. The van der Waals surface area contributed by atoms with Crippen LogP contribution in [0.5, 0.6) is 23.0 Å². The summed E-state index contributed by atoms with van der Waals surface area (Å²) in [6.45, 7) is 13.0. The van der Waals surface area contributed by atoms with E-state index >= 15 is 0 Å². The first-order chi connectivity index (χ1) is 20.2. The van der Waals surface area contributed by atoms with Crippen molar-refractivity contribution < 1.29 is 23.7 Å². The Morgan fingerprint density at radius 3 is 2.38 bits per heavy atom. The Morgan fingerprint density at radius 1 is 1.05 bits per heavy atom. The summed E-state index contributed by atoms with van der Waals surface area (Å²) >= 11 is 1.28. The summed E-state index contributed by atoms with van der Waals surface area (Å²) < 4.78 is 25.0. The molecule has 10 heteroatoms. The van der Waals surface area contributed by atoms with Crippen LogP contribution < -0.4 is 33.8 Å². The minimum Gasteiger partial charge on any atom is -0.497 e. The summed E-state index contributed by atoms with van der Waals surface area (Å²) in [4.78, 5) is 35.1. The van der Waals surface area contributed by atoms with Gasteiger partial charge in [-0.2, -0.15) is 0 Å². The number of thiazole rings is 1. The fourth-order valence-corrected chi connectivity index (χ4v) is 6.06. The van der Waals surface area contributed by atoms with Gasteiger partial charge in [-0.05, 0) is 83.5 Å². The normalized spacial score (nSPS) is 14.9. The third-order valence-corrected chi connectivity index (χ3v) is 7.95. The minimum atomic E-state index is -0.762. The maximum Gasteiger partial charge on any atom is 0.271 e. The Kier molecular flexibility index (Phi) is 9.78. The van der Waals surface area contributed by atoms with Gasteiger partial charge in [0, 0.05) is 18.7 Å². The smallest absolute Gasteiger partial charge is 0.271 e. The van der Waals surface area contributed by atoms with Crippen LogP contribution in [0.3, 0.4) is 0 Å². The Balaban J connectivity index is 1.96. The summed E-state index contributed by atoms with van der Waals surface area (Å²) in [5, 5.41) is 0. The highest BCUT2D eigenvalue weighted by molar-refractivity contribution is 7.07. The first-order valence-corrected chi connectivity index (χ1v) is 15.0. The molecule has 1 amide bonds. The number of benzene rings is 2. The van der Waals surface area contributed by atoms with E-state index in [1.54, 1.807) is 35.8 Å². The van der Waals surface area contributed by atoms with Crippen molar-refractivity contribution in [1.82, 2.24) is 9.47 Å². The van der Waals surface area contributed by atoms with E-state index in [9.17, 15) is 9.59 Å². The molecule has 2 aromatic carbocycles. The number of aromatic nitrogens is 1. The molecule has 0 saturated carbocycles. The van der Waals surface area contributed by atoms with E-state index in [1.807, 2.05) is 71.9 Å². The first kappa shape index (κ1) is 30.9. The molecule has 0 unspecified atom stereocenters. The van der Waals surface area contributed by atoms with Crippen molar-refractivity contribution in [2.45, 2.75) is 53.7 Å². The van der Waals surface area contributed by atoms with Crippen LogP contribution in [0.25, 0.3) is 6.08 Å². The highest BCUT2D eigenvalue weighted by Crippen LogP contribution is 2.38. The molecule has 4 rings (SSSR count). The summed E-state index contributed by atoms with van der Waals surface area (Å²) in [7, 11) is 3.15. The van der Waals surface area contributed by atoms with Crippen molar-refractivity contribution in [3.8, 4) is 23.0 Å². The zero-order valence-corrected chi connectivity index (χ0v) is 26.3. The summed E-state index contributed by atoms with van der Waals surface area (Å²) in [5.41, 5.74) is 2.15. The number of rotatable bonds is 11. The molecule has 1 atom stereocenters. The number of methoxy groups -OCH3 is 2. The van der Waals surface area contributed by atoms with Gasteiger partial charge in [0.2, 0.25) is 0 Å². The molecule has 0 radical (unpaired) electrons. The SMILES string of the molecule is CCOc1cc(/C=c2/sc3n(c2=O)[C@@H](c2cc(OC)ccc2OC)C(C(=O)N(CC)CC)=C(C)N=3)ccc1OC(C)C. The average molecular weight is 594 g/mol. The molecular formula is C32H39N3O6S. The van der Waals surface area contributed by atoms with Gasteiger partial charge >= 0.3 is 0 Å². The third-order valence-electron chi connectivity index (χ3n) is 6.96. The lowest BCUT2D eigenvalue weighted by atomic mass is 9.93. The van der Waals surface area contributed by atoms with Gasteiger partial charge in [-0.25, -0.2) is 4.99 Å². The second-order valence-electron chi connectivity index (χ2n) is 9.97. The van der Waals surface area contributed by atoms with Crippen molar-refractivity contribution in [2.24, 2.45) is 4.99 Å². The lowest BCUT2D eigenvalue weighted by molar-refractivity contribution is -0.127. The number of likely N-dealkylation sites (N-methyl/N-ethyl adjacent to an activating group) is 1. The molecule has 0 fully saturated rings. The minimum absolute atomic E-state index is 0.0103. The second kappa shape index (κ2) is 13.3. The van der Waals surface area contributed by atoms with E-state index in [2.05, 4.69) is 0 Å². The van der Waals surface area contributed by atoms with Gasteiger partial charge in [0.1, 0.15) is 17.5 Å². The van der Waals surface area contributed by atoms with Gasteiger partial charge in [-0.3, -0.25) is 14.2 Å². The van der Waals surface area contributed by atoms with Gasteiger partial charge in [-0.1, -0.05) is 17.4 Å². The molecule has 1 aliphatic rings. The number of carbonyl (C=O) groups is 1. The number of allylic oxidation sites excluding steroid dienone is 1. The quantitative estimate of drug-likeness (QED) is 0.329. The van der Waals surface area contributed by atoms with E-state index in [1.165, 1.54) is 11.3 Å². The second-order valence-corrected chi connectivity index (χ2v) is 11.0. The van der Waals surface area contributed by atoms with E-state index in [-0.39, 0.29) is 17.6 Å². The Morgan fingerprint density at radius 2 is 1.76 bits per heavy atom. The van der Waals surface area contributed by atoms with Crippen LogP contribution in [0.2, 0.25) is 0 Å². The number of nitrogens with zero attached hydrogens (tertiary/aromatic N) is 3. The van der Waals surface area contributed by atoms with Crippen molar-refractivity contribution >= 4 is 23.3 Å². The molecular weight excluding hydrogens is 554 g/mol.